The molecule has 2 aromatic rings. The molecule has 0 aliphatic rings. The Morgan fingerprint density at radius 2 is 1.80 bits per heavy atom. The molecule has 2 nitrogen and oxygen atoms in total. The number of hydrogen-bond donors (Lipinski definition) is 2. The minimum absolute atomic E-state index is 0.100. The van der Waals surface area contributed by atoms with Crippen molar-refractivity contribution in [3.8, 4) is 5.75 Å². The maximum Gasteiger partial charge on any atom is 0.116 e. The first-order chi connectivity index (χ1) is 7.20. The molecule has 78 valence electrons. The van der Waals surface area contributed by atoms with Gasteiger partial charge in [0.25, 0.3) is 0 Å². The fraction of sp³-hybridized carbons (Fsp3) is 0.231. The summed E-state index contributed by atoms with van der Waals surface area (Å²) in [6.07, 6.45) is 0.934. The van der Waals surface area contributed by atoms with Gasteiger partial charge in [-0.15, -0.1) is 0 Å². The summed E-state index contributed by atoms with van der Waals surface area (Å²) in [5.74, 6) is 0.301. The van der Waals surface area contributed by atoms with Gasteiger partial charge in [0, 0.05) is 6.04 Å². The number of benzene rings is 2. The van der Waals surface area contributed by atoms with Crippen LogP contribution in [0.25, 0.3) is 10.8 Å². The standard InChI is InChI=1S/C13H15NO/c1-2-13(14)11-4-3-10-8-12(15)6-5-9(10)7-11/h3-8,13,15H,2,14H2,1H3/t13-/m0/s1. The molecule has 0 aliphatic carbocycles. The normalized spacial score (nSPS) is 12.9. The monoisotopic (exact) mass is 201 g/mol. The van der Waals surface area contributed by atoms with Crippen molar-refractivity contribution in [2.24, 2.45) is 5.73 Å². The Labute approximate surface area is 89.3 Å². The van der Waals surface area contributed by atoms with E-state index in [2.05, 4.69) is 13.0 Å². The topological polar surface area (TPSA) is 46.2 Å². The zero-order valence-electron chi connectivity index (χ0n) is 8.77. The third kappa shape index (κ3) is 1.95. The molecule has 0 radical (unpaired) electrons. The molecule has 2 heteroatoms. The number of hydrogen-bond acceptors (Lipinski definition) is 2. The molecule has 3 N–H and O–H groups in total. The number of rotatable bonds is 2. The number of nitrogens with two attached hydrogens (primary N) is 1. The molecule has 0 aromatic heterocycles. The largest absolute Gasteiger partial charge is 0.508 e. The van der Waals surface area contributed by atoms with E-state index in [0.717, 1.165) is 22.8 Å². The van der Waals surface area contributed by atoms with Gasteiger partial charge in [-0.25, -0.2) is 0 Å². The molecule has 0 unspecified atom stereocenters. The minimum Gasteiger partial charge on any atom is -0.508 e. The predicted octanol–water partition coefficient (Wildman–Crippen LogP) is 2.96. The zero-order chi connectivity index (χ0) is 10.8. The molecule has 0 bridgehead atoms. The highest BCUT2D eigenvalue weighted by atomic mass is 16.3. The highest BCUT2D eigenvalue weighted by Crippen LogP contribution is 2.23. The van der Waals surface area contributed by atoms with Crippen LogP contribution in [0.1, 0.15) is 24.9 Å². The summed E-state index contributed by atoms with van der Waals surface area (Å²) in [7, 11) is 0. The molecule has 0 aliphatic heterocycles. The van der Waals surface area contributed by atoms with Gasteiger partial charge in [0.15, 0.2) is 0 Å². The number of fused-ring (bicyclic) bond motifs is 1. The minimum atomic E-state index is 0.100. The van der Waals surface area contributed by atoms with Crippen LogP contribution in [-0.2, 0) is 0 Å². The van der Waals surface area contributed by atoms with Crippen LogP contribution >= 0.6 is 0 Å². The van der Waals surface area contributed by atoms with E-state index < -0.39 is 0 Å². The van der Waals surface area contributed by atoms with Gasteiger partial charge < -0.3 is 10.8 Å². The maximum absolute atomic E-state index is 9.33. The Kier molecular flexibility index (Phi) is 2.60. The Morgan fingerprint density at radius 1 is 1.13 bits per heavy atom. The summed E-state index contributed by atoms with van der Waals surface area (Å²) >= 11 is 0. The average molecular weight is 201 g/mol. The number of phenols is 1. The van der Waals surface area contributed by atoms with Crippen molar-refractivity contribution in [3.05, 3.63) is 42.0 Å². The van der Waals surface area contributed by atoms with E-state index >= 15 is 0 Å². The molecular formula is C13H15NO. The Hall–Kier alpha value is -1.54. The molecule has 0 saturated carbocycles. The van der Waals surface area contributed by atoms with Crippen molar-refractivity contribution in [1.29, 1.82) is 0 Å². The summed E-state index contributed by atoms with van der Waals surface area (Å²) in [5, 5.41) is 11.5. The smallest absolute Gasteiger partial charge is 0.116 e. The van der Waals surface area contributed by atoms with Crippen LogP contribution in [0.4, 0.5) is 0 Å². The van der Waals surface area contributed by atoms with Gasteiger partial charge in [-0.05, 0) is 41.0 Å². The van der Waals surface area contributed by atoms with Crippen molar-refractivity contribution < 1.29 is 5.11 Å². The molecule has 1 atom stereocenters. The van der Waals surface area contributed by atoms with Crippen LogP contribution in [0.5, 0.6) is 5.75 Å². The van der Waals surface area contributed by atoms with E-state index in [0.29, 0.717) is 5.75 Å². The van der Waals surface area contributed by atoms with Crippen molar-refractivity contribution in [2.75, 3.05) is 0 Å². The van der Waals surface area contributed by atoms with Gasteiger partial charge in [0.05, 0.1) is 0 Å². The lowest BCUT2D eigenvalue weighted by Gasteiger charge is -2.10. The van der Waals surface area contributed by atoms with E-state index in [9.17, 15) is 5.11 Å². The Balaban J connectivity index is 2.52. The van der Waals surface area contributed by atoms with Crippen LogP contribution in [0, 0.1) is 0 Å². The number of phenolic OH excluding ortho intramolecular Hbond substituents is 1. The van der Waals surface area contributed by atoms with Crippen molar-refractivity contribution in [2.45, 2.75) is 19.4 Å². The fourth-order valence-corrected chi connectivity index (χ4v) is 1.72. The number of aromatic hydroxyl groups is 1. The molecular weight excluding hydrogens is 186 g/mol. The third-order valence-electron chi connectivity index (χ3n) is 2.72. The highest BCUT2D eigenvalue weighted by molar-refractivity contribution is 5.84. The van der Waals surface area contributed by atoms with Crippen molar-refractivity contribution >= 4 is 10.8 Å². The molecule has 0 fully saturated rings. The Bertz CT molecular complexity index is 479. The van der Waals surface area contributed by atoms with Gasteiger partial charge in [0.2, 0.25) is 0 Å². The maximum atomic E-state index is 9.33. The van der Waals surface area contributed by atoms with Gasteiger partial charge >= 0.3 is 0 Å². The fourth-order valence-electron chi connectivity index (χ4n) is 1.72. The highest BCUT2D eigenvalue weighted by Gasteiger charge is 2.04. The van der Waals surface area contributed by atoms with E-state index in [1.807, 2.05) is 18.2 Å². The van der Waals surface area contributed by atoms with Gasteiger partial charge in [-0.1, -0.05) is 25.1 Å². The average Bonchev–Trinajstić information content (AvgIpc) is 2.27. The molecule has 15 heavy (non-hydrogen) atoms. The zero-order valence-corrected chi connectivity index (χ0v) is 8.77. The summed E-state index contributed by atoms with van der Waals surface area (Å²) < 4.78 is 0. The van der Waals surface area contributed by atoms with Gasteiger partial charge in [0.1, 0.15) is 5.75 Å². The first-order valence-electron chi connectivity index (χ1n) is 5.19. The van der Waals surface area contributed by atoms with E-state index in [-0.39, 0.29) is 6.04 Å². The molecule has 2 rings (SSSR count). The molecule has 0 spiro atoms. The molecule has 2 aromatic carbocycles. The second kappa shape index (κ2) is 3.91. The third-order valence-corrected chi connectivity index (χ3v) is 2.72. The molecule has 0 heterocycles. The first-order valence-corrected chi connectivity index (χ1v) is 5.19. The van der Waals surface area contributed by atoms with Crippen LogP contribution < -0.4 is 5.73 Å². The summed E-state index contributed by atoms with van der Waals surface area (Å²) in [4.78, 5) is 0. The predicted molar refractivity (Wildman–Crippen MR) is 62.8 cm³/mol. The lowest BCUT2D eigenvalue weighted by Crippen LogP contribution is -2.08. The molecule has 0 amide bonds. The second-order valence-corrected chi connectivity index (χ2v) is 3.81. The van der Waals surface area contributed by atoms with E-state index in [1.165, 1.54) is 0 Å². The van der Waals surface area contributed by atoms with Crippen LogP contribution in [0.2, 0.25) is 0 Å². The van der Waals surface area contributed by atoms with Crippen molar-refractivity contribution in [1.82, 2.24) is 0 Å². The molecule has 0 saturated heterocycles. The van der Waals surface area contributed by atoms with Gasteiger partial charge in [-0.2, -0.15) is 0 Å². The first kappa shape index (κ1) is 9.99. The second-order valence-electron chi connectivity index (χ2n) is 3.81. The lowest BCUT2D eigenvalue weighted by molar-refractivity contribution is 0.476. The van der Waals surface area contributed by atoms with Crippen LogP contribution in [-0.4, -0.2) is 5.11 Å². The quantitative estimate of drug-likeness (QED) is 0.784. The summed E-state index contributed by atoms with van der Waals surface area (Å²) in [6, 6.07) is 11.6. The summed E-state index contributed by atoms with van der Waals surface area (Å²) in [5.41, 5.74) is 7.11. The SMILES string of the molecule is CC[C@H](N)c1ccc2cc(O)ccc2c1. The van der Waals surface area contributed by atoms with Crippen LogP contribution in [0.3, 0.4) is 0 Å². The van der Waals surface area contributed by atoms with Crippen LogP contribution in [0.15, 0.2) is 36.4 Å². The lowest BCUT2D eigenvalue weighted by atomic mass is 10.0. The summed E-state index contributed by atoms with van der Waals surface area (Å²) in [6.45, 7) is 2.08. The van der Waals surface area contributed by atoms with Gasteiger partial charge in [-0.3, -0.25) is 0 Å². The van der Waals surface area contributed by atoms with E-state index in [1.54, 1.807) is 12.1 Å². The van der Waals surface area contributed by atoms with E-state index in [4.69, 9.17) is 5.73 Å². The van der Waals surface area contributed by atoms with Crippen molar-refractivity contribution in [3.63, 3.8) is 0 Å². The Morgan fingerprint density at radius 3 is 2.53 bits per heavy atom.